The van der Waals surface area contributed by atoms with Crippen molar-refractivity contribution in [3.05, 3.63) is 35.9 Å². The first-order valence-corrected chi connectivity index (χ1v) is 6.10. The Labute approximate surface area is 127 Å². The predicted octanol–water partition coefficient (Wildman–Crippen LogP) is 1.67. The van der Waals surface area contributed by atoms with E-state index >= 15 is 0 Å². The fraction of sp³-hybridized carbons (Fsp3) is 0.462. The Bertz CT molecular complexity index is 416. The molecule has 0 aliphatic carbocycles. The SMILES string of the molecule is Cl.N[C@@H](Cc1ccccc1)C(=O)NCCOCC(F)(F)F. The van der Waals surface area contributed by atoms with Gasteiger partial charge in [0.1, 0.15) is 6.61 Å². The molecule has 0 spiro atoms. The topological polar surface area (TPSA) is 64.4 Å². The molecule has 0 bridgehead atoms. The maximum absolute atomic E-state index is 11.8. The lowest BCUT2D eigenvalue weighted by Crippen LogP contribution is -2.43. The third-order valence-corrected chi connectivity index (χ3v) is 2.45. The van der Waals surface area contributed by atoms with E-state index in [1.165, 1.54) is 0 Å². The zero-order valence-electron chi connectivity index (χ0n) is 11.2. The second kappa shape index (κ2) is 9.59. The minimum atomic E-state index is -4.35. The summed E-state index contributed by atoms with van der Waals surface area (Å²) in [5.41, 5.74) is 6.62. The molecule has 0 saturated carbocycles. The fourth-order valence-electron chi connectivity index (χ4n) is 1.53. The van der Waals surface area contributed by atoms with E-state index in [1.807, 2.05) is 30.3 Å². The Morgan fingerprint density at radius 1 is 1.29 bits per heavy atom. The molecule has 120 valence electrons. The molecule has 0 fully saturated rings. The Morgan fingerprint density at radius 3 is 2.48 bits per heavy atom. The van der Waals surface area contributed by atoms with Crippen LogP contribution in [-0.2, 0) is 16.0 Å². The Hall–Kier alpha value is -1.31. The van der Waals surface area contributed by atoms with Crippen LogP contribution in [0.5, 0.6) is 0 Å². The highest BCUT2D eigenvalue weighted by molar-refractivity contribution is 5.85. The van der Waals surface area contributed by atoms with Gasteiger partial charge in [0, 0.05) is 6.54 Å². The largest absolute Gasteiger partial charge is 0.411 e. The number of hydrogen-bond donors (Lipinski definition) is 2. The number of rotatable bonds is 7. The summed E-state index contributed by atoms with van der Waals surface area (Å²) >= 11 is 0. The second-order valence-corrected chi connectivity index (χ2v) is 4.26. The summed E-state index contributed by atoms with van der Waals surface area (Å²) in [6, 6.07) is 8.49. The molecular formula is C13H18ClF3N2O2. The van der Waals surface area contributed by atoms with Crippen LogP contribution in [0.4, 0.5) is 13.2 Å². The average Bonchev–Trinajstić information content (AvgIpc) is 2.38. The van der Waals surface area contributed by atoms with Crippen LogP contribution < -0.4 is 11.1 Å². The first-order valence-electron chi connectivity index (χ1n) is 6.10. The zero-order chi connectivity index (χ0) is 15.0. The van der Waals surface area contributed by atoms with E-state index < -0.39 is 24.7 Å². The minimum absolute atomic E-state index is 0. The second-order valence-electron chi connectivity index (χ2n) is 4.26. The number of hydrogen-bond acceptors (Lipinski definition) is 3. The van der Waals surface area contributed by atoms with E-state index in [9.17, 15) is 18.0 Å². The Balaban J connectivity index is 0.00000400. The molecule has 1 atom stereocenters. The molecule has 0 aromatic heterocycles. The van der Waals surface area contributed by atoms with Crippen molar-refractivity contribution >= 4 is 18.3 Å². The number of amides is 1. The van der Waals surface area contributed by atoms with Crippen molar-refractivity contribution < 1.29 is 22.7 Å². The number of benzene rings is 1. The highest BCUT2D eigenvalue weighted by atomic mass is 35.5. The number of carbonyl (C=O) groups is 1. The van der Waals surface area contributed by atoms with Gasteiger partial charge in [-0.15, -0.1) is 12.4 Å². The molecule has 0 heterocycles. The van der Waals surface area contributed by atoms with Gasteiger partial charge in [-0.25, -0.2) is 0 Å². The highest BCUT2D eigenvalue weighted by Gasteiger charge is 2.27. The van der Waals surface area contributed by atoms with Crippen LogP contribution in [0.15, 0.2) is 30.3 Å². The molecule has 4 nitrogen and oxygen atoms in total. The third kappa shape index (κ3) is 9.28. The maximum Gasteiger partial charge on any atom is 0.411 e. The zero-order valence-corrected chi connectivity index (χ0v) is 12.0. The van der Waals surface area contributed by atoms with E-state index in [1.54, 1.807) is 0 Å². The van der Waals surface area contributed by atoms with Gasteiger partial charge in [-0.05, 0) is 12.0 Å². The first kappa shape index (κ1) is 19.7. The quantitative estimate of drug-likeness (QED) is 0.749. The van der Waals surface area contributed by atoms with E-state index in [0.717, 1.165) is 5.56 Å². The minimum Gasteiger partial charge on any atom is -0.370 e. The van der Waals surface area contributed by atoms with E-state index in [2.05, 4.69) is 10.1 Å². The molecule has 0 unspecified atom stereocenters. The predicted molar refractivity (Wildman–Crippen MR) is 75.3 cm³/mol. The smallest absolute Gasteiger partial charge is 0.370 e. The van der Waals surface area contributed by atoms with Gasteiger partial charge in [0.05, 0.1) is 12.6 Å². The Morgan fingerprint density at radius 2 is 1.90 bits per heavy atom. The van der Waals surface area contributed by atoms with Gasteiger partial charge in [-0.1, -0.05) is 30.3 Å². The average molecular weight is 327 g/mol. The van der Waals surface area contributed by atoms with Gasteiger partial charge in [0.15, 0.2) is 0 Å². The number of nitrogens with two attached hydrogens (primary N) is 1. The molecule has 21 heavy (non-hydrogen) atoms. The summed E-state index contributed by atoms with van der Waals surface area (Å²) in [7, 11) is 0. The summed E-state index contributed by atoms with van der Waals surface area (Å²) in [4.78, 5) is 11.6. The lowest BCUT2D eigenvalue weighted by molar-refractivity contribution is -0.173. The van der Waals surface area contributed by atoms with E-state index in [-0.39, 0.29) is 25.6 Å². The van der Waals surface area contributed by atoms with Gasteiger partial charge < -0.3 is 15.8 Å². The van der Waals surface area contributed by atoms with Crippen LogP contribution in [0.2, 0.25) is 0 Å². The third-order valence-electron chi connectivity index (χ3n) is 2.45. The van der Waals surface area contributed by atoms with Crippen molar-refractivity contribution in [1.29, 1.82) is 0 Å². The van der Waals surface area contributed by atoms with Gasteiger partial charge in [-0.2, -0.15) is 13.2 Å². The maximum atomic E-state index is 11.8. The highest BCUT2D eigenvalue weighted by Crippen LogP contribution is 2.13. The van der Waals surface area contributed by atoms with Crippen LogP contribution in [0.25, 0.3) is 0 Å². The number of carbonyl (C=O) groups excluding carboxylic acids is 1. The summed E-state index contributed by atoms with van der Waals surface area (Å²) in [6.07, 6.45) is -3.98. The van der Waals surface area contributed by atoms with E-state index in [0.29, 0.717) is 6.42 Å². The summed E-state index contributed by atoms with van der Waals surface area (Å²) in [5.74, 6) is -0.413. The van der Waals surface area contributed by atoms with Gasteiger partial charge >= 0.3 is 6.18 Å². The number of nitrogens with one attached hydrogen (secondary N) is 1. The molecule has 0 aliphatic rings. The van der Waals surface area contributed by atoms with Gasteiger partial charge in [-0.3, -0.25) is 4.79 Å². The molecule has 0 radical (unpaired) electrons. The Kier molecular flexibility index (Phi) is 9.00. The van der Waals surface area contributed by atoms with Gasteiger partial charge in [0.25, 0.3) is 0 Å². The summed E-state index contributed by atoms with van der Waals surface area (Å²) in [6.45, 7) is -1.53. The summed E-state index contributed by atoms with van der Waals surface area (Å²) in [5, 5.41) is 2.43. The first-order chi connectivity index (χ1) is 9.38. The van der Waals surface area contributed by atoms with Crippen molar-refractivity contribution in [1.82, 2.24) is 5.32 Å². The lowest BCUT2D eigenvalue weighted by Gasteiger charge is -2.13. The van der Waals surface area contributed by atoms with Crippen LogP contribution in [0.3, 0.4) is 0 Å². The van der Waals surface area contributed by atoms with E-state index in [4.69, 9.17) is 5.73 Å². The van der Waals surface area contributed by atoms with Crippen molar-refractivity contribution in [3.63, 3.8) is 0 Å². The van der Waals surface area contributed by atoms with Crippen molar-refractivity contribution in [2.75, 3.05) is 19.8 Å². The molecular weight excluding hydrogens is 309 g/mol. The van der Waals surface area contributed by atoms with Crippen molar-refractivity contribution in [2.45, 2.75) is 18.6 Å². The molecule has 1 amide bonds. The molecule has 8 heteroatoms. The number of ether oxygens (including phenoxy) is 1. The lowest BCUT2D eigenvalue weighted by atomic mass is 10.1. The molecule has 1 rings (SSSR count). The van der Waals surface area contributed by atoms with Crippen LogP contribution in [0, 0.1) is 0 Å². The number of alkyl halides is 3. The van der Waals surface area contributed by atoms with Crippen LogP contribution in [-0.4, -0.2) is 37.9 Å². The molecule has 3 N–H and O–H groups in total. The standard InChI is InChI=1S/C13H17F3N2O2.ClH/c14-13(15,16)9-20-7-6-18-12(19)11(17)8-10-4-2-1-3-5-10;/h1-5,11H,6-9,17H2,(H,18,19);1H/t11-;/m0./s1. The van der Waals surface area contributed by atoms with Crippen LogP contribution >= 0.6 is 12.4 Å². The molecule has 0 aliphatic heterocycles. The van der Waals surface area contributed by atoms with Crippen LogP contribution in [0.1, 0.15) is 5.56 Å². The molecule has 1 aromatic carbocycles. The van der Waals surface area contributed by atoms with Gasteiger partial charge in [0.2, 0.25) is 5.91 Å². The number of halogens is 4. The molecule has 1 aromatic rings. The monoisotopic (exact) mass is 326 g/mol. The fourth-order valence-corrected chi connectivity index (χ4v) is 1.53. The summed E-state index contributed by atoms with van der Waals surface area (Å²) < 4.78 is 39.7. The normalized spacial score (nSPS) is 12.4. The van der Waals surface area contributed by atoms with Crippen molar-refractivity contribution in [3.8, 4) is 0 Å². The molecule has 0 saturated heterocycles. The van der Waals surface area contributed by atoms with Crippen molar-refractivity contribution in [2.24, 2.45) is 5.73 Å².